The standard InChI is InChI=1S/C18H14Br2N6O/c1-9-3-4-14-12(5-9)15-17(22-14)23-18(26-24-15)25-21-8-10-6-11(19)7-13(20)16(10)27-2/h3-8H,1-2H3,(H2,22,23,25,26)/b21-8-. The maximum absolute atomic E-state index is 5.40. The molecule has 2 aromatic carbocycles. The quantitative estimate of drug-likeness (QED) is 0.317. The Hall–Kier alpha value is -2.52. The first-order chi connectivity index (χ1) is 13.0. The Bertz CT molecular complexity index is 1190. The topological polar surface area (TPSA) is 88.1 Å². The second-order valence-corrected chi connectivity index (χ2v) is 7.66. The summed E-state index contributed by atoms with van der Waals surface area (Å²) < 4.78 is 7.13. The van der Waals surface area contributed by atoms with E-state index in [1.54, 1.807) is 13.3 Å². The Morgan fingerprint density at radius 2 is 2.04 bits per heavy atom. The minimum absolute atomic E-state index is 0.301. The van der Waals surface area contributed by atoms with Crippen molar-refractivity contribution in [2.75, 3.05) is 12.5 Å². The number of nitrogens with zero attached hydrogens (tertiary/aromatic N) is 4. The number of anilines is 1. The van der Waals surface area contributed by atoms with Crippen LogP contribution in [-0.4, -0.2) is 33.5 Å². The lowest BCUT2D eigenvalue weighted by Crippen LogP contribution is -2.00. The molecule has 9 heteroatoms. The fourth-order valence-electron chi connectivity index (χ4n) is 2.78. The van der Waals surface area contributed by atoms with Gasteiger partial charge in [0, 0.05) is 20.9 Å². The minimum atomic E-state index is 0.301. The van der Waals surface area contributed by atoms with E-state index in [2.05, 4.69) is 68.6 Å². The number of nitrogens with one attached hydrogen (secondary N) is 2. The highest BCUT2D eigenvalue weighted by molar-refractivity contribution is 9.11. The van der Waals surface area contributed by atoms with E-state index in [1.807, 2.05) is 31.2 Å². The number of rotatable bonds is 4. The van der Waals surface area contributed by atoms with Crippen molar-refractivity contribution >= 4 is 66.1 Å². The van der Waals surface area contributed by atoms with E-state index < -0.39 is 0 Å². The average molecular weight is 490 g/mol. The summed E-state index contributed by atoms with van der Waals surface area (Å²) in [7, 11) is 1.61. The number of aromatic nitrogens is 4. The normalized spacial score (nSPS) is 11.6. The van der Waals surface area contributed by atoms with Crippen LogP contribution in [0.5, 0.6) is 5.75 Å². The van der Waals surface area contributed by atoms with Gasteiger partial charge in [-0.25, -0.2) is 5.43 Å². The predicted octanol–water partition coefficient (Wildman–Crippen LogP) is 4.79. The van der Waals surface area contributed by atoms with Crippen LogP contribution in [0.4, 0.5) is 5.95 Å². The smallest absolute Gasteiger partial charge is 0.265 e. The minimum Gasteiger partial charge on any atom is -0.495 e. The monoisotopic (exact) mass is 488 g/mol. The number of halogens is 2. The number of hydrogen-bond donors (Lipinski definition) is 2. The third-order valence-electron chi connectivity index (χ3n) is 3.98. The van der Waals surface area contributed by atoms with Crippen molar-refractivity contribution < 1.29 is 4.74 Å². The van der Waals surface area contributed by atoms with Crippen LogP contribution in [0, 0.1) is 6.92 Å². The summed E-state index contributed by atoms with van der Waals surface area (Å²) in [6.45, 7) is 2.04. The van der Waals surface area contributed by atoms with Gasteiger partial charge in [0.1, 0.15) is 11.3 Å². The Morgan fingerprint density at radius 3 is 2.85 bits per heavy atom. The average Bonchev–Trinajstić information content (AvgIpc) is 2.98. The molecule has 0 atom stereocenters. The van der Waals surface area contributed by atoms with E-state index in [0.29, 0.717) is 17.3 Å². The van der Waals surface area contributed by atoms with E-state index in [-0.39, 0.29) is 0 Å². The van der Waals surface area contributed by atoms with E-state index in [4.69, 9.17) is 4.74 Å². The zero-order valence-electron chi connectivity index (χ0n) is 14.4. The molecule has 0 fully saturated rings. The highest BCUT2D eigenvalue weighted by Gasteiger charge is 2.10. The van der Waals surface area contributed by atoms with Crippen LogP contribution in [0.15, 0.2) is 44.4 Å². The SMILES string of the molecule is COc1c(Br)cc(Br)cc1/C=N\Nc1nnc2c(n1)[nH]c1ccc(C)cc12. The van der Waals surface area contributed by atoms with Gasteiger partial charge in [-0.05, 0) is 47.1 Å². The number of hydrogen-bond acceptors (Lipinski definition) is 6. The second kappa shape index (κ2) is 7.24. The molecule has 0 bridgehead atoms. The molecule has 4 rings (SSSR count). The lowest BCUT2D eigenvalue weighted by molar-refractivity contribution is 0.411. The third kappa shape index (κ3) is 3.52. The van der Waals surface area contributed by atoms with Crippen molar-refractivity contribution in [2.45, 2.75) is 6.92 Å². The molecule has 0 spiro atoms. The number of hydrazone groups is 1. The van der Waals surface area contributed by atoms with Crippen molar-refractivity contribution in [3.05, 3.63) is 50.4 Å². The molecule has 2 heterocycles. The molecule has 0 unspecified atom stereocenters. The predicted molar refractivity (Wildman–Crippen MR) is 114 cm³/mol. The molecular formula is C18H14Br2N6O. The molecule has 2 aromatic heterocycles. The van der Waals surface area contributed by atoms with Crippen LogP contribution in [0.1, 0.15) is 11.1 Å². The number of aromatic amines is 1. The van der Waals surface area contributed by atoms with Crippen LogP contribution in [-0.2, 0) is 0 Å². The van der Waals surface area contributed by atoms with Crippen LogP contribution in [0.25, 0.3) is 22.1 Å². The Morgan fingerprint density at radius 1 is 1.19 bits per heavy atom. The number of ether oxygens (including phenoxy) is 1. The summed E-state index contributed by atoms with van der Waals surface area (Å²) in [6.07, 6.45) is 1.64. The van der Waals surface area contributed by atoms with Gasteiger partial charge in [-0.3, -0.25) is 0 Å². The first-order valence-electron chi connectivity index (χ1n) is 8.00. The first kappa shape index (κ1) is 17.9. The van der Waals surface area contributed by atoms with E-state index in [9.17, 15) is 0 Å². The Balaban J connectivity index is 1.63. The van der Waals surface area contributed by atoms with Crippen molar-refractivity contribution in [1.82, 2.24) is 20.2 Å². The lowest BCUT2D eigenvalue weighted by atomic mass is 10.2. The molecule has 0 saturated heterocycles. The molecule has 0 saturated carbocycles. The van der Waals surface area contributed by atoms with Crippen LogP contribution in [0.3, 0.4) is 0 Å². The highest BCUT2D eigenvalue weighted by atomic mass is 79.9. The van der Waals surface area contributed by atoms with Gasteiger partial charge in [-0.15, -0.1) is 10.2 Å². The zero-order valence-corrected chi connectivity index (χ0v) is 17.6. The zero-order chi connectivity index (χ0) is 19.0. The largest absolute Gasteiger partial charge is 0.495 e. The van der Waals surface area contributed by atoms with Gasteiger partial charge >= 0.3 is 0 Å². The highest BCUT2D eigenvalue weighted by Crippen LogP contribution is 2.31. The van der Waals surface area contributed by atoms with Crippen molar-refractivity contribution in [3.8, 4) is 5.75 Å². The molecule has 0 amide bonds. The summed E-state index contributed by atoms with van der Waals surface area (Å²) in [5.41, 5.74) is 7.13. The Kier molecular flexibility index (Phi) is 4.79. The number of fused-ring (bicyclic) bond motifs is 3. The third-order valence-corrected chi connectivity index (χ3v) is 5.03. The summed E-state index contributed by atoms with van der Waals surface area (Å²) in [4.78, 5) is 7.70. The molecule has 4 aromatic rings. The van der Waals surface area contributed by atoms with Crippen LogP contribution in [0.2, 0.25) is 0 Å². The van der Waals surface area contributed by atoms with Gasteiger partial charge in [0.05, 0.1) is 17.8 Å². The van der Waals surface area contributed by atoms with Crippen molar-refractivity contribution in [3.63, 3.8) is 0 Å². The van der Waals surface area contributed by atoms with Crippen molar-refractivity contribution in [2.24, 2.45) is 5.10 Å². The number of aryl methyl sites for hydroxylation is 1. The van der Waals surface area contributed by atoms with Crippen LogP contribution < -0.4 is 10.2 Å². The summed E-state index contributed by atoms with van der Waals surface area (Å²) in [6, 6.07) is 9.92. The summed E-state index contributed by atoms with van der Waals surface area (Å²) in [5, 5.41) is 13.6. The van der Waals surface area contributed by atoms with Crippen LogP contribution >= 0.6 is 31.9 Å². The molecule has 0 aliphatic rings. The van der Waals surface area contributed by atoms with Gasteiger partial charge in [-0.1, -0.05) is 27.6 Å². The molecular weight excluding hydrogens is 476 g/mol. The van der Waals surface area contributed by atoms with Gasteiger partial charge in [0.25, 0.3) is 5.95 Å². The van der Waals surface area contributed by atoms with Gasteiger partial charge in [0.15, 0.2) is 5.65 Å². The molecule has 0 aliphatic carbocycles. The molecule has 2 N–H and O–H groups in total. The maximum atomic E-state index is 5.40. The fraction of sp³-hybridized carbons (Fsp3) is 0.111. The molecule has 0 aliphatic heterocycles. The number of H-pyrrole nitrogens is 1. The summed E-state index contributed by atoms with van der Waals surface area (Å²) in [5.74, 6) is 0.985. The van der Waals surface area contributed by atoms with E-state index >= 15 is 0 Å². The fourth-order valence-corrected chi connectivity index (χ4v) is 4.20. The van der Waals surface area contributed by atoms with Gasteiger partial charge in [-0.2, -0.15) is 10.1 Å². The summed E-state index contributed by atoms with van der Waals surface area (Å²) >= 11 is 6.92. The second-order valence-electron chi connectivity index (χ2n) is 5.89. The van der Waals surface area contributed by atoms with Crippen molar-refractivity contribution in [1.29, 1.82) is 0 Å². The van der Waals surface area contributed by atoms with Gasteiger partial charge < -0.3 is 9.72 Å². The lowest BCUT2D eigenvalue weighted by Gasteiger charge is -2.07. The number of benzene rings is 2. The molecule has 27 heavy (non-hydrogen) atoms. The first-order valence-corrected chi connectivity index (χ1v) is 9.58. The number of methoxy groups -OCH3 is 1. The molecule has 136 valence electrons. The molecule has 7 nitrogen and oxygen atoms in total. The van der Waals surface area contributed by atoms with Gasteiger partial charge in [0.2, 0.25) is 0 Å². The maximum Gasteiger partial charge on any atom is 0.265 e. The van der Waals surface area contributed by atoms with E-state index in [0.717, 1.165) is 36.5 Å². The Labute approximate surface area is 171 Å². The molecule has 0 radical (unpaired) electrons. The van der Waals surface area contributed by atoms with E-state index in [1.165, 1.54) is 0 Å².